The van der Waals surface area contributed by atoms with E-state index >= 15 is 0 Å². The van der Waals surface area contributed by atoms with Gasteiger partial charge in [-0.3, -0.25) is 9.59 Å². The molecule has 1 aliphatic rings. The second kappa shape index (κ2) is 5.97. The molecule has 5 nitrogen and oxygen atoms in total. The van der Waals surface area contributed by atoms with E-state index in [1.807, 2.05) is 24.3 Å². The second-order valence-electron chi connectivity index (χ2n) is 4.13. The lowest BCUT2D eigenvalue weighted by atomic mass is 10.2. The molecule has 0 aliphatic carbocycles. The molecule has 1 heterocycles. The van der Waals surface area contributed by atoms with Crippen LogP contribution in [0.25, 0.3) is 0 Å². The molecule has 1 atom stereocenters. The maximum atomic E-state index is 11.9. The van der Waals surface area contributed by atoms with Crippen molar-refractivity contribution in [3.8, 4) is 5.75 Å². The molecule has 0 bridgehead atoms. The number of carbonyl (C=O) groups is 2. The highest BCUT2D eigenvalue weighted by molar-refractivity contribution is 8.00. The fourth-order valence-corrected chi connectivity index (χ4v) is 3.11. The van der Waals surface area contributed by atoms with Crippen molar-refractivity contribution < 1.29 is 14.3 Å². The van der Waals surface area contributed by atoms with Crippen molar-refractivity contribution in [3.05, 3.63) is 29.8 Å². The molecule has 6 heteroatoms. The van der Waals surface area contributed by atoms with Crippen molar-refractivity contribution in [2.75, 3.05) is 26.5 Å². The van der Waals surface area contributed by atoms with Crippen LogP contribution in [0.15, 0.2) is 24.3 Å². The van der Waals surface area contributed by atoms with Gasteiger partial charge >= 0.3 is 0 Å². The van der Waals surface area contributed by atoms with E-state index in [9.17, 15) is 9.59 Å². The van der Waals surface area contributed by atoms with Gasteiger partial charge in [0, 0.05) is 7.05 Å². The number of rotatable bonds is 4. The van der Waals surface area contributed by atoms with Gasteiger partial charge in [-0.15, -0.1) is 11.8 Å². The van der Waals surface area contributed by atoms with Crippen LogP contribution < -0.4 is 10.1 Å². The van der Waals surface area contributed by atoms with E-state index in [0.29, 0.717) is 5.75 Å². The maximum absolute atomic E-state index is 11.9. The molecule has 1 aromatic rings. The van der Waals surface area contributed by atoms with Crippen molar-refractivity contribution in [1.29, 1.82) is 0 Å². The summed E-state index contributed by atoms with van der Waals surface area (Å²) >= 11 is 1.52. The minimum Gasteiger partial charge on any atom is -0.497 e. The highest BCUT2D eigenvalue weighted by Crippen LogP contribution is 2.39. The minimum absolute atomic E-state index is 0.0126. The highest BCUT2D eigenvalue weighted by atomic mass is 32.2. The van der Waals surface area contributed by atoms with Gasteiger partial charge in [-0.05, 0) is 17.7 Å². The van der Waals surface area contributed by atoms with Crippen LogP contribution in [-0.4, -0.2) is 43.2 Å². The number of thioether (sulfide) groups is 1. The molecule has 1 aromatic carbocycles. The fourth-order valence-electron chi connectivity index (χ4n) is 1.93. The van der Waals surface area contributed by atoms with Gasteiger partial charge in [0.1, 0.15) is 17.7 Å². The molecular formula is C13H16N2O3S. The molecule has 0 aromatic heterocycles. The topological polar surface area (TPSA) is 58.6 Å². The number of methoxy groups -OCH3 is 1. The van der Waals surface area contributed by atoms with Gasteiger partial charge in [0.25, 0.3) is 0 Å². The molecule has 1 saturated heterocycles. The van der Waals surface area contributed by atoms with E-state index < -0.39 is 0 Å². The largest absolute Gasteiger partial charge is 0.497 e. The standard InChI is InChI=1S/C13H16N2O3S/c1-14-11(16)7-15-12(17)8-19-13(15)9-4-3-5-10(6-9)18-2/h3-6,13H,7-8H2,1-2H3,(H,14,16). The minimum atomic E-state index is -0.163. The van der Waals surface area contributed by atoms with Crippen molar-refractivity contribution in [3.63, 3.8) is 0 Å². The average Bonchev–Trinajstić information content (AvgIpc) is 2.80. The Balaban J connectivity index is 2.21. The first-order valence-electron chi connectivity index (χ1n) is 5.91. The number of hydrogen-bond acceptors (Lipinski definition) is 4. The number of ether oxygens (including phenoxy) is 1. The van der Waals surface area contributed by atoms with Crippen LogP contribution in [-0.2, 0) is 9.59 Å². The van der Waals surface area contributed by atoms with Gasteiger partial charge in [-0.25, -0.2) is 0 Å². The summed E-state index contributed by atoms with van der Waals surface area (Å²) in [4.78, 5) is 24.9. The average molecular weight is 280 g/mol. The molecule has 1 unspecified atom stereocenters. The highest BCUT2D eigenvalue weighted by Gasteiger charge is 2.33. The van der Waals surface area contributed by atoms with Crippen LogP contribution in [0.5, 0.6) is 5.75 Å². The Hall–Kier alpha value is -1.69. The van der Waals surface area contributed by atoms with E-state index in [0.717, 1.165) is 11.3 Å². The molecule has 102 valence electrons. The van der Waals surface area contributed by atoms with Crippen LogP contribution >= 0.6 is 11.8 Å². The number of nitrogens with one attached hydrogen (secondary N) is 1. The molecular weight excluding hydrogens is 264 g/mol. The summed E-state index contributed by atoms with van der Waals surface area (Å²) in [5.74, 6) is 0.973. The summed E-state index contributed by atoms with van der Waals surface area (Å²) in [5, 5.41) is 2.42. The van der Waals surface area contributed by atoms with Gasteiger partial charge in [0.2, 0.25) is 11.8 Å². The first-order chi connectivity index (χ1) is 9.15. The summed E-state index contributed by atoms with van der Waals surface area (Å²) in [6.07, 6.45) is 0. The van der Waals surface area contributed by atoms with Gasteiger partial charge < -0.3 is 15.0 Å². The Morgan fingerprint density at radius 2 is 2.37 bits per heavy atom. The monoisotopic (exact) mass is 280 g/mol. The molecule has 19 heavy (non-hydrogen) atoms. The number of amides is 2. The second-order valence-corrected chi connectivity index (χ2v) is 5.20. The van der Waals surface area contributed by atoms with Crippen LogP contribution in [0.2, 0.25) is 0 Å². The summed E-state index contributed by atoms with van der Waals surface area (Å²) in [6, 6.07) is 7.58. The van der Waals surface area contributed by atoms with Gasteiger partial charge in [-0.2, -0.15) is 0 Å². The Morgan fingerprint density at radius 3 is 3.05 bits per heavy atom. The molecule has 0 saturated carbocycles. The van der Waals surface area contributed by atoms with E-state index in [1.54, 1.807) is 19.1 Å². The first-order valence-corrected chi connectivity index (χ1v) is 6.96. The van der Waals surface area contributed by atoms with Crippen LogP contribution in [0.4, 0.5) is 0 Å². The number of hydrogen-bond donors (Lipinski definition) is 1. The predicted octanol–water partition coefficient (Wildman–Crippen LogP) is 1.02. The third-order valence-electron chi connectivity index (χ3n) is 2.94. The summed E-state index contributed by atoms with van der Waals surface area (Å²) in [7, 11) is 3.17. The zero-order valence-electron chi connectivity index (χ0n) is 10.9. The van der Waals surface area contributed by atoms with Crippen LogP contribution in [0.1, 0.15) is 10.9 Å². The lowest BCUT2D eigenvalue weighted by molar-refractivity contribution is -0.133. The quantitative estimate of drug-likeness (QED) is 0.894. The summed E-state index contributed by atoms with van der Waals surface area (Å²) in [5.41, 5.74) is 0.971. The van der Waals surface area contributed by atoms with Crippen molar-refractivity contribution in [1.82, 2.24) is 10.2 Å². The Kier molecular flexibility index (Phi) is 4.31. The van der Waals surface area contributed by atoms with Crippen molar-refractivity contribution in [2.24, 2.45) is 0 Å². The normalized spacial score (nSPS) is 18.5. The Bertz CT molecular complexity index is 493. The van der Waals surface area contributed by atoms with Crippen LogP contribution in [0, 0.1) is 0 Å². The fraction of sp³-hybridized carbons (Fsp3) is 0.385. The third kappa shape index (κ3) is 3.01. The zero-order chi connectivity index (χ0) is 13.8. The lowest BCUT2D eigenvalue weighted by Crippen LogP contribution is -2.37. The summed E-state index contributed by atoms with van der Waals surface area (Å²) in [6.45, 7) is 0.0875. The first kappa shape index (κ1) is 13.7. The van der Waals surface area contributed by atoms with Gasteiger partial charge in [-0.1, -0.05) is 12.1 Å². The Labute approximate surface area is 116 Å². The molecule has 1 N–H and O–H groups in total. The molecule has 2 amide bonds. The predicted molar refractivity (Wildman–Crippen MR) is 74.0 cm³/mol. The number of nitrogens with zero attached hydrogens (tertiary/aromatic N) is 1. The third-order valence-corrected chi connectivity index (χ3v) is 4.20. The molecule has 1 aliphatic heterocycles. The van der Waals surface area contributed by atoms with Crippen molar-refractivity contribution in [2.45, 2.75) is 5.37 Å². The Morgan fingerprint density at radius 1 is 1.58 bits per heavy atom. The zero-order valence-corrected chi connectivity index (χ0v) is 11.7. The number of likely N-dealkylation sites (N-methyl/N-ethyl adjacent to an activating group) is 1. The van der Waals surface area contributed by atoms with Crippen molar-refractivity contribution >= 4 is 23.6 Å². The van der Waals surface area contributed by atoms with E-state index in [4.69, 9.17) is 4.74 Å². The lowest BCUT2D eigenvalue weighted by Gasteiger charge is -2.23. The molecule has 2 rings (SSSR count). The number of benzene rings is 1. The van der Waals surface area contributed by atoms with Gasteiger partial charge in [0.15, 0.2) is 0 Å². The van der Waals surface area contributed by atoms with E-state index in [-0.39, 0.29) is 23.7 Å². The maximum Gasteiger partial charge on any atom is 0.239 e. The van der Waals surface area contributed by atoms with E-state index in [2.05, 4.69) is 5.32 Å². The van der Waals surface area contributed by atoms with Crippen LogP contribution in [0.3, 0.4) is 0 Å². The molecule has 0 spiro atoms. The number of carbonyl (C=O) groups excluding carboxylic acids is 2. The van der Waals surface area contributed by atoms with E-state index in [1.165, 1.54) is 11.8 Å². The SMILES string of the molecule is CNC(=O)CN1C(=O)CSC1c1cccc(OC)c1. The smallest absolute Gasteiger partial charge is 0.239 e. The molecule has 0 radical (unpaired) electrons. The van der Waals surface area contributed by atoms with Gasteiger partial charge in [0.05, 0.1) is 12.9 Å². The molecule has 1 fully saturated rings. The summed E-state index contributed by atoms with van der Waals surface area (Å²) < 4.78 is 5.19.